The van der Waals surface area contributed by atoms with Crippen LogP contribution >= 0.6 is 0 Å². The number of nitrogens with one attached hydrogen (secondary N) is 4. The first-order chi connectivity index (χ1) is 19.3. The molecule has 0 saturated heterocycles. The van der Waals surface area contributed by atoms with Crippen LogP contribution in [0.1, 0.15) is 49.8 Å². The van der Waals surface area contributed by atoms with Crippen LogP contribution in [0.4, 0.5) is 5.82 Å². The Morgan fingerprint density at radius 2 is 1.88 bits per heavy atom. The number of aromatic amines is 2. The van der Waals surface area contributed by atoms with E-state index in [2.05, 4.69) is 25.1 Å². The second-order valence-electron chi connectivity index (χ2n) is 10.1. The van der Waals surface area contributed by atoms with Crippen LogP contribution < -0.4 is 26.4 Å². The van der Waals surface area contributed by atoms with Gasteiger partial charge in [0, 0.05) is 23.4 Å². The molecule has 0 radical (unpaired) electrons. The van der Waals surface area contributed by atoms with Crippen LogP contribution in [-0.2, 0) is 10.0 Å². The van der Waals surface area contributed by atoms with Crippen LogP contribution in [0.25, 0.3) is 11.7 Å². The van der Waals surface area contributed by atoms with Crippen molar-refractivity contribution < 1.29 is 13.5 Å². The number of benzene rings is 1. The van der Waals surface area contributed by atoms with E-state index >= 15 is 0 Å². The third kappa shape index (κ3) is 5.33. The molecule has 3 aromatic heterocycles. The normalized spacial score (nSPS) is 20.6. The van der Waals surface area contributed by atoms with Crippen molar-refractivity contribution >= 4 is 27.6 Å². The Morgan fingerprint density at radius 1 is 1.12 bits per heavy atom. The van der Waals surface area contributed by atoms with Crippen LogP contribution in [0, 0.1) is 11.3 Å². The monoisotopic (exact) mass is 561 g/mol. The number of hydrogen-bond acceptors (Lipinski definition) is 9. The van der Waals surface area contributed by atoms with E-state index in [-0.39, 0.29) is 40.2 Å². The van der Waals surface area contributed by atoms with Crippen molar-refractivity contribution in [3.8, 4) is 11.9 Å². The summed E-state index contributed by atoms with van der Waals surface area (Å²) in [6.45, 7) is 0. The largest absolute Gasteiger partial charge is 0.493 e. The summed E-state index contributed by atoms with van der Waals surface area (Å²) in [5.41, 5.74) is 0.988. The lowest BCUT2D eigenvalue weighted by molar-refractivity contribution is 0.387. The fourth-order valence-corrected chi connectivity index (χ4v) is 6.37. The number of fused-ring (bicyclic) bond motifs is 1. The van der Waals surface area contributed by atoms with E-state index in [0.717, 1.165) is 12.8 Å². The molecule has 0 amide bonds. The molecule has 0 atom stereocenters. The van der Waals surface area contributed by atoms with Crippen molar-refractivity contribution in [2.24, 2.45) is 4.99 Å². The number of aromatic nitrogens is 5. The van der Waals surface area contributed by atoms with Gasteiger partial charge in [0.25, 0.3) is 0 Å². The van der Waals surface area contributed by atoms with Gasteiger partial charge in [0.05, 0.1) is 22.7 Å². The van der Waals surface area contributed by atoms with E-state index in [9.17, 15) is 23.6 Å². The lowest BCUT2D eigenvalue weighted by atomic mass is 9.92. The summed E-state index contributed by atoms with van der Waals surface area (Å²) >= 11 is 0. The zero-order valence-electron chi connectivity index (χ0n) is 21.3. The Bertz CT molecular complexity index is 1910. The average molecular weight is 562 g/mol. The van der Waals surface area contributed by atoms with Gasteiger partial charge in [0.15, 0.2) is 11.1 Å². The van der Waals surface area contributed by atoms with Crippen LogP contribution in [-0.4, -0.2) is 56.2 Å². The minimum absolute atomic E-state index is 0.00681. The van der Waals surface area contributed by atoms with E-state index in [1.54, 1.807) is 28.9 Å². The number of sulfonamides is 1. The minimum Gasteiger partial charge on any atom is -0.493 e. The molecule has 13 nitrogen and oxygen atoms in total. The molecule has 3 heterocycles. The third-order valence-electron chi connectivity index (χ3n) is 7.08. The Morgan fingerprint density at radius 3 is 2.58 bits per heavy atom. The van der Waals surface area contributed by atoms with E-state index in [0.29, 0.717) is 47.9 Å². The molecular weight excluding hydrogens is 534 g/mol. The van der Waals surface area contributed by atoms with Gasteiger partial charge in [-0.3, -0.25) is 9.98 Å². The van der Waals surface area contributed by atoms with E-state index < -0.39 is 15.7 Å². The molecule has 0 unspecified atom stereocenters. The van der Waals surface area contributed by atoms with Crippen molar-refractivity contribution in [3.05, 3.63) is 69.0 Å². The molecule has 0 spiro atoms. The highest BCUT2D eigenvalue weighted by atomic mass is 32.2. The number of nitrogens with zero attached hydrogens (tertiary/aromatic N) is 5. The van der Waals surface area contributed by atoms with Gasteiger partial charge in [-0.05, 0) is 56.7 Å². The van der Waals surface area contributed by atoms with Gasteiger partial charge in [-0.1, -0.05) is 12.1 Å². The zero-order valence-corrected chi connectivity index (χ0v) is 22.1. The SMILES string of the molecule is N#Cc1ccccc1S(=O)(=O)NC1CCC(Nc2cc(=NC3CC3)n3nc/c(=C/c4[nH]c(=O)[nH]c4O)c3n2)CC1. The van der Waals surface area contributed by atoms with Gasteiger partial charge in [0.1, 0.15) is 17.6 Å². The van der Waals surface area contributed by atoms with Crippen molar-refractivity contribution in [2.45, 2.75) is 61.5 Å². The molecule has 14 heteroatoms. The fourth-order valence-electron chi connectivity index (χ4n) is 4.91. The van der Waals surface area contributed by atoms with Gasteiger partial charge in [0.2, 0.25) is 15.9 Å². The predicted molar refractivity (Wildman–Crippen MR) is 145 cm³/mol. The van der Waals surface area contributed by atoms with Crippen LogP contribution in [0.3, 0.4) is 0 Å². The highest BCUT2D eigenvalue weighted by Crippen LogP contribution is 2.25. The third-order valence-corrected chi connectivity index (χ3v) is 8.65. The van der Waals surface area contributed by atoms with Gasteiger partial charge < -0.3 is 15.4 Å². The first-order valence-corrected chi connectivity index (χ1v) is 14.5. The van der Waals surface area contributed by atoms with Gasteiger partial charge in [-0.15, -0.1) is 0 Å². The number of rotatable bonds is 7. The molecule has 1 aromatic carbocycles. The Kier molecular flexibility index (Phi) is 6.60. The molecule has 2 saturated carbocycles. The van der Waals surface area contributed by atoms with Gasteiger partial charge in [-0.25, -0.2) is 22.9 Å². The van der Waals surface area contributed by atoms with E-state index in [1.165, 1.54) is 12.1 Å². The molecule has 5 N–H and O–H groups in total. The Labute approximate surface area is 228 Å². The standard InChI is InChI=1S/C26H27N9O4S/c27-13-15-3-1-2-4-21(15)40(38,39)34-19-9-7-17(8-10-19)29-22-12-23(30-18-5-6-18)35-24(32-22)16(14-28-35)11-20-25(36)33-26(37)31-20/h1-4,11-12,14,17-19,29,34,36H,5-10H2,(H2,31,33,37)/b16-11-,30-23?. The van der Waals surface area contributed by atoms with Gasteiger partial charge >= 0.3 is 5.69 Å². The first-order valence-electron chi connectivity index (χ1n) is 13.0. The second kappa shape index (κ2) is 10.2. The summed E-state index contributed by atoms with van der Waals surface area (Å²) in [6, 6.07) is 10.0. The van der Waals surface area contributed by atoms with Crippen molar-refractivity contribution in [1.29, 1.82) is 5.26 Å². The average Bonchev–Trinajstić information content (AvgIpc) is 3.57. The number of hydrogen-bond donors (Lipinski definition) is 5. The Hall–Kier alpha value is -4.48. The summed E-state index contributed by atoms with van der Waals surface area (Å²) in [4.78, 5) is 25.9. The zero-order chi connectivity index (χ0) is 27.9. The van der Waals surface area contributed by atoms with Crippen LogP contribution in [0.15, 0.2) is 51.2 Å². The summed E-state index contributed by atoms with van der Waals surface area (Å²) in [6.07, 6.45) is 7.91. The molecule has 2 aliphatic rings. The molecule has 206 valence electrons. The van der Waals surface area contributed by atoms with Gasteiger partial charge in [-0.2, -0.15) is 14.9 Å². The smallest absolute Gasteiger partial charge is 0.326 e. The number of H-pyrrole nitrogens is 2. The fraction of sp³-hybridized carbons (Fsp3) is 0.346. The topological polar surface area (TPSA) is 193 Å². The first kappa shape index (κ1) is 25.8. The maximum Gasteiger partial charge on any atom is 0.326 e. The molecule has 0 bridgehead atoms. The molecule has 4 aromatic rings. The highest BCUT2D eigenvalue weighted by Gasteiger charge is 2.27. The lowest BCUT2D eigenvalue weighted by Crippen LogP contribution is -2.40. The molecule has 2 aliphatic carbocycles. The second-order valence-corrected chi connectivity index (χ2v) is 11.8. The number of nitriles is 1. The highest BCUT2D eigenvalue weighted by molar-refractivity contribution is 7.89. The van der Waals surface area contributed by atoms with Crippen molar-refractivity contribution in [2.75, 3.05) is 5.32 Å². The predicted octanol–water partition coefficient (Wildman–Crippen LogP) is 0.635. The number of anilines is 1. The van der Waals surface area contributed by atoms with Crippen molar-refractivity contribution in [3.63, 3.8) is 0 Å². The van der Waals surface area contributed by atoms with E-state index in [1.807, 2.05) is 12.1 Å². The lowest BCUT2D eigenvalue weighted by Gasteiger charge is -2.29. The molecular formula is C26H27N9O4S. The molecule has 40 heavy (non-hydrogen) atoms. The molecule has 0 aliphatic heterocycles. The summed E-state index contributed by atoms with van der Waals surface area (Å²) in [5.74, 6) is 0.339. The van der Waals surface area contributed by atoms with E-state index in [4.69, 9.17) is 9.98 Å². The quantitative estimate of drug-likeness (QED) is 0.217. The summed E-state index contributed by atoms with van der Waals surface area (Å²) in [7, 11) is -3.81. The minimum atomic E-state index is -3.81. The number of aromatic hydroxyl groups is 1. The molecule has 2 fully saturated rings. The molecule has 6 rings (SSSR count). The summed E-state index contributed by atoms with van der Waals surface area (Å²) in [5, 5.41) is 27.8. The van der Waals surface area contributed by atoms with Crippen molar-refractivity contribution in [1.82, 2.24) is 29.3 Å². The maximum absolute atomic E-state index is 12.9. The van der Waals surface area contributed by atoms with Crippen LogP contribution in [0.2, 0.25) is 0 Å². The van der Waals surface area contributed by atoms with Crippen LogP contribution in [0.5, 0.6) is 5.88 Å². The Balaban J connectivity index is 1.21. The maximum atomic E-state index is 12.9. The number of imidazole rings is 1. The summed E-state index contributed by atoms with van der Waals surface area (Å²) < 4.78 is 30.2.